The number of nitrogens with zero attached hydrogens (tertiary/aromatic N) is 2. The van der Waals surface area contributed by atoms with Crippen LogP contribution in [0.2, 0.25) is 0 Å². The summed E-state index contributed by atoms with van der Waals surface area (Å²) in [5.41, 5.74) is 1.05. The first-order valence-electron chi connectivity index (χ1n) is 5.50. The first-order valence-corrected chi connectivity index (χ1v) is 5.50. The van der Waals surface area contributed by atoms with Crippen molar-refractivity contribution >= 4 is 0 Å². The van der Waals surface area contributed by atoms with Crippen molar-refractivity contribution in [3.8, 4) is 12.3 Å². The molecule has 0 saturated carbocycles. The van der Waals surface area contributed by atoms with E-state index in [9.17, 15) is 0 Å². The number of aromatic nitrogens is 2. The van der Waals surface area contributed by atoms with Gasteiger partial charge in [0.2, 0.25) is 0 Å². The average Bonchev–Trinajstić information content (AvgIpc) is 2.69. The van der Waals surface area contributed by atoms with Gasteiger partial charge < -0.3 is 5.32 Å². The van der Waals surface area contributed by atoms with E-state index in [0.29, 0.717) is 12.6 Å². The third-order valence-electron chi connectivity index (χ3n) is 2.51. The second kappa shape index (κ2) is 6.26. The molecular formula is C12H19N3. The van der Waals surface area contributed by atoms with Crippen LogP contribution < -0.4 is 5.32 Å². The maximum absolute atomic E-state index is 5.15. The van der Waals surface area contributed by atoms with Crippen molar-refractivity contribution in [2.75, 3.05) is 6.54 Å². The van der Waals surface area contributed by atoms with Crippen LogP contribution in [0.25, 0.3) is 0 Å². The molecular weight excluding hydrogens is 186 g/mol. The van der Waals surface area contributed by atoms with Crippen LogP contribution in [0.1, 0.15) is 38.4 Å². The summed E-state index contributed by atoms with van der Waals surface area (Å²) in [4.78, 5) is 0. The van der Waals surface area contributed by atoms with Crippen LogP contribution in [0.4, 0.5) is 0 Å². The lowest BCUT2D eigenvalue weighted by atomic mass is 10.2. The molecule has 82 valence electrons. The summed E-state index contributed by atoms with van der Waals surface area (Å²) < 4.78 is 2.05. The van der Waals surface area contributed by atoms with Gasteiger partial charge >= 0.3 is 0 Å². The lowest BCUT2D eigenvalue weighted by Crippen LogP contribution is -2.14. The molecule has 0 spiro atoms. The van der Waals surface area contributed by atoms with Gasteiger partial charge in [0, 0.05) is 12.7 Å². The maximum atomic E-state index is 5.15. The monoisotopic (exact) mass is 205 g/mol. The number of nitrogens with one attached hydrogen (secondary N) is 1. The zero-order chi connectivity index (χ0) is 11.1. The summed E-state index contributed by atoms with van der Waals surface area (Å²) in [6.07, 6.45) is 9.44. The molecule has 0 atom stereocenters. The first kappa shape index (κ1) is 11.8. The third kappa shape index (κ3) is 3.41. The summed E-state index contributed by atoms with van der Waals surface area (Å²) in [7, 11) is 0. The summed E-state index contributed by atoms with van der Waals surface area (Å²) >= 11 is 0. The molecule has 1 aromatic heterocycles. The molecule has 0 aliphatic heterocycles. The van der Waals surface area contributed by atoms with Gasteiger partial charge in [-0.1, -0.05) is 19.8 Å². The predicted octanol–water partition coefficient (Wildman–Crippen LogP) is 1.97. The minimum atomic E-state index is 0.520. The van der Waals surface area contributed by atoms with Gasteiger partial charge in [0.1, 0.15) is 0 Å². The largest absolute Gasteiger partial charge is 0.300 e. The van der Waals surface area contributed by atoms with Crippen LogP contribution in [0.5, 0.6) is 0 Å². The lowest BCUT2D eigenvalue weighted by Gasteiger charge is -2.12. The highest BCUT2D eigenvalue weighted by molar-refractivity contribution is 5.00. The van der Waals surface area contributed by atoms with E-state index in [4.69, 9.17) is 6.42 Å². The van der Waals surface area contributed by atoms with E-state index in [2.05, 4.69) is 30.2 Å². The van der Waals surface area contributed by atoms with E-state index in [1.54, 1.807) is 0 Å². The Morgan fingerprint density at radius 2 is 2.27 bits per heavy atom. The summed E-state index contributed by atoms with van der Waals surface area (Å²) in [5, 5.41) is 7.64. The van der Waals surface area contributed by atoms with Crippen LogP contribution in [-0.2, 0) is 6.54 Å². The van der Waals surface area contributed by atoms with Crippen LogP contribution in [0.15, 0.2) is 12.3 Å². The molecule has 0 aliphatic carbocycles. The molecule has 3 nitrogen and oxygen atoms in total. The van der Waals surface area contributed by atoms with Crippen molar-refractivity contribution in [2.24, 2.45) is 0 Å². The average molecular weight is 205 g/mol. The Kier molecular flexibility index (Phi) is 4.92. The van der Waals surface area contributed by atoms with Crippen molar-refractivity contribution < 1.29 is 0 Å². The zero-order valence-corrected chi connectivity index (χ0v) is 9.53. The van der Waals surface area contributed by atoms with E-state index in [1.165, 1.54) is 0 Å². The SMILES string of the molecule is C#CCNCc1ccn(C(CC)CC)n1. The fraction of sp³-hybridized carbons (Fsp3) is 0.583. The minimum Gasteiger partial charge on any atom is -0.300 e. The second-order valence-corrected chi connectivity index (χ2v) is 3.57. The molecule has 1 rings (SSSR count). The highest BCUT2D eigenvalue weighted by Crippen LogP contribution is 2.14. The third-order valence-corrected chi connectivity index (χ3v) is 2.51. The summed E-state index contributed by atoms with van der Waals surface area (Å²) in [6.45, 7) is 5.72. The highest BCUT2D eigenvalue weighted by atomic mass is 15.3. The summed E-state index contributed by atoms with van der Waals surface area (Å²) in [5.74, 6) is 2.54. The molecule has 1 heterocycles. The van der Waals surface area contributed by atoms with E-state index in [-0.39, 0.29) is 0 Å². The molecule has 0 aromatic carbocycles. The molecule has 0 saturated heterocycles. The molecule has 15 heavy (non-hydrogen) atoms. The van der Waals surface area contributed by atoms with Gasteiger partial charge in [0.05, 0.1) is 18.3 Å². The molecule has 0 aliphatic rings. The Morgan fingerprint density at radius 3 is 2.87 bits per heavy atom. The van der Waals surface area contributed by atoms with E-state index in [0.717, 1.165) is 25.1 Å². The molecule has 1 aromatic rings. The van der Waals surface area contributed by atoms with E-state index >= 15 is 0 Å². The smallest absolute Gasteiger partial charge is 0.0762 e. The van der Waals surface area contributed by atoms with E-state index < -0.39 is 0 Å². The predicted molar refractivity (Wildman–Crippen MR) is 62.4 cm³/mol. The molecule has 0 radical (unpaired) electrons. The Hall–Kier alpha value is -1.27. The van der Waals surface area contributed by atoms with Gasteiger partial charge in [-0.15, -0.1) is 6.42 Å². The number of hydrogen-bond acceptors (Lipinski definition) is 2. The minimum absolute atomic E-state index is 0.520. The van der Waals surface area contributed by atoms with Gasteiger partial charge in [-0.25, -0.2) is 0 Å². The molecule has 3 heteroatoms. The lowest BCUT2D eigenvalue weighted by molar-refractivity contribution is 0.424. The van der Waals surface area contributed by atoms with Gasteiger partial charge in [-0.3, -0.25) is 4.68 Å². The Balaban J connectivity index is 2.52. The van der Waals surface area contributed by atoms with Crippen LogP contribution >= 0.6 is 0 Å². The molecule has 0 bridgehead atoms. The quantitative estimate of drug-likeness (QED) is 0.568. The number of rotatable bonds is 6. The normalized spacial score (nSPS) is 10.5. The Bertz CT molecular complexity index is 318. The molecule has 1 N–H and O–H groups in total. The van der Waals surface area contributed by atoms with Crippen molar-refractivity contribution in [3.05, 3.63) is 18.0 Å². The van der Waals surface area contributed by atoms with Crippen LogP contribution in [0, 0.1) is 12.3 Å². The van der Waals surface area contributed by atoms with Gasteiger partial charge in [-0.2, -0.15) is 5.10 Å². The summed E-state index contributed by atoms with van der Waals surface area (Å²) in [6, 6.07) is 2.56. The first-order chi connectivity index (χ1) is 7.31. The van der Waals surface area contributed by atoms with Gasteiger partial charge in [-0.05, 0) is 18.9 Å². The van der Waals surface area contributed by atoms with Crippen molar-refractivity contribution in [1.29, 1.82) is 0 Å². The Labute approximate surface area is 91.9 Å². The van der Waals surface area contributed by atoms with E-state index in [1.807, 2.05) is 16.9 Å². The number of terminal acetylenes is 1. The fourth-order valence-corrected chi connectivity index (χ4v) is 1.60. The molecule has 0 fully saturated rings. The standard InChI is InChI=1S/C12H19N3/c1-4-8-13-10-11-7-9-15(14-11)12(5-2)6-3/h1,7,9,12-13H,5-6,8,10H2,2-3H3. The molecule has 0 unspecified atom stereocenters. The van der Waals surface area contributed by atoms with Gasteiger partial charge in [0.25, 0.3) is 0 Å². The van der Waals surface area contributed by atoms with Crippen molar-refractivity contribution in [3.63, 3.8) is 0 Å². The van der Waals surface area contributed by atoms with Crippen molar-refractivity contribution in [1.82, 2.24) is 15.1 Å². The topological polar surface area (TPSA) is 29.9 Å². The second-order valence-electron chi connectivity index (χ2n) is 3.57. The maximum Gasteiger partial charge on any atom is 0.0762 e. The van der Waals surface area contributed by atoms with Crippen LogP contribution in [0.3, 0.4) is 0 Å². The number of hydrogen-bond donors (Lipinski definition) is 1. The fourth-order valence-electron chi connectivity index (χ4n) is 1.60. The Morgan fingerprint density at radius 1 is 1.53 bits per heavy atom. The van der Waals surface area contributed by atoms with Crippen molar-refractivity contribution in [2.45, 2.75) is 39.3 Å². The zero-order valence-electron chi connectivity index (χ0n) is 9.53. The van der Waals surface area contributed by atoms with Crippen LogP contribution in [-0.4, -0.2) is 16.3 Å². The van der Waals surface area contributed by atoms with Gasteiger partial charge in [0.15, 0.2) is 0 Å². The molecule has 0 amide bonds. The highest BCUT2D eigenvalue weighted by Gasteiger charge is 2.07.